The number of carbonyl (C=O) groups is 2. The Bertz CT molecular complexity index is 594. The standard InChI is InChI=1S/C17H22F3NO3/c1-11(14(22)23)10-21(4)15(24)16(2,3)9-12-5-7-13(8-6-12)17(18,19)20/h5-8,11H,9-10H2,1-4H3,(H,22,23). The van der Waals surface area contributed by atoms with Crippen LogP contribution in [0.4, 0.5) is 13.2 Å². The molecule has 134 valence electrons. The number of alkyl halides is 3. The number of carboxylic acid groups (broad SMARTS) is 1. The van der Waals surface area contributed by atoms with E-state index in [1.54, 1.807) is 13.8 Å². The molecule has 0 radical (unpaired) electrons. The van der Waals surface area contributed by atoms with Crippen LogP contribution in [0.5, 0.6) is 0 Å². The second-order valence-electron chi connectivity index (χ2n) is 6.68. The number of hydrogen-bond donors (Lipinski definition) is 1. The molecule has 0 aromatic heterocycles. The van der Waals surface area contributed by atoms with Gasteiger partial charge in [0.25, 0.3) is 0 Å². The minimum Gasteiger partial charge on any atom is -0.481 e. The number of hydrogen-bond acceptors (Lipinski definition) is 2. The summed E-state index contributed by atoms with van der Waals surface area (Å²) in [6.07, 6.45) is -4.13. The monoisotopic (exact) mass is 345 g/mol. The van der Waals surface area contributed by atoms with Gasteiger partial charge in [-0.3, -0.25) is 9.59 Å². The Hall–Kier alpha value is -2.05. The zero-order valence-corrected chi connectivity index (χ0v) is 14.1. The Morgan fingerprint density at radius 2 is 1.67 bits per heavy atom. The van der Waals surface area contributed by atoms with Crippen LogP contribution in [0.1, 0.15) is 31.9 Å². The molecule has 1 unspecified atom stereocenters. The van der Waals surface area contributed by atoms with Crippen LogP contribution >= 0.6 is 0 Å². The van der Waals surface area contributed by atoms with E-state index in [0.717, 1.165) is 12.1 Å². The van der Waals surface area contributed by atoms with Crippen molar-refractivity contribution in [2.75, 3.05) is 13.6 Å². The third-order valence-corrected chi connectivity index (χ3v) is 3.82. The number of benzene rings is 1. The van der Waals surface area contributed by atoms with Gasteiger partial charge in [0.1, 0.15) is 0 Å². The Balaban J connectivity index is 2.81. The van der Waals surface area contributed by atoms with Gasteiger partial charge in [-0.05, 0) is 24.1 Å². The van der Waals surface area contributed by atoms with Crippen molar-refractivity contribution in [1.29, 1.82) is 0 Å². The van der Waals surface area contributed by atoms with Crippen LogP contribution in [0.2, 0.25) is 0 Å². The largest absolute Gasteiger partial charge is 0.481 e. The van der Waals surface area contributed by atoms with Crippen molar-refractivity contribution >= 4 is 11.9 Å². The summed E-state index contributed by atoms with van der Waals surface area (Å²) in [6.45, 7) is 4.96. The van der Waals surface area contributed by atoms with Crippen molar-refractivity contribution in [2.24, 2.45) is 11.3 Å². The number of halogens is 3. The highest BCUT2D eigenvalue weighted by molar-refractivity contribution is 5.82. The van der Waals surface area contributed by atoms with Crippen LogP contribution in [0.3, 0.4) is 0 Å². The summed E-state index contributed by atoms with van der Waals surface area (Å²) in [5.74, 6) is -1.94. The zero-order chi connectivity index (χ0) is 18.7. The van der Waals surface area contributed by atoms with E-state index in [1.165, 1.54) is 31.0 Å². The maximum atomic E-state index is 12.6. The van der Waals surface area contributed by atoms with Crippen LogP contribution in [-0.4, -0.2) is 35.5 Å². The number of carboxylic acids is 1. The molecule has 1 N–H and O–H groups in total. The first-order valence-electron chi connectivity index (χ1n) is 7.49. The Morgan fingerprint density at radius 3 is 2.08 bits per heavy atom. The third kappa shape index (κ3) is 5.25. The third-order valence-electron chi connectivity index (χ3n) is 3.82. The Morgan fingerprint density at radius 1 is 1.17 bits per heavy atom. The molecule has 1 atom stereocenters. The molecule has 0 fully saturated rings. The maximum Gasteiger partial charge on any atom is 0.416 e. The number of amides is 1. The quantitative estimate of drug-likeness (QED) is 0.859. The molecule has 0 spiro atoms. The van der Waals surface area contributed by atoms with Gasteiger partial charge in [-0.15, -0.1) is 0 Å². The lowest BCUT2D eigenvalue weighted by Crippen LogP contribution is -2.42. The summed E-state index contributed by atoms with van der Waals surface area (Å²) in [7, 11) is 1.52. The Kier molecular flexibility index (Phi) is 6.03. The first-order chi connectivity index (χ1) is 10.8. The van der Waals surface area contributed by atoms with Crippen LogP contribution in [-0.2, 0) is 22.2 Å². The van der Waals surface area contributed by atoms with Crippen molar-refractivity contribution < 1.29 is 27.9 Å². The highest BCUT2D eigenvalue weighted by Crippen LogP contribution is 2.31. The molecule has 0 aliphatic carbocycles. The second kappa shape index (κ2) is 7.23. The maximum absolute atomic E-state index is 12.6. The molecule has 24 heavy (non-hydrogen) atoms. The highest BCUT2D eigenvalue weighted by Gasteiger charge is 2.33. The molecule has 7 heteroatoms. The van der Waals surface area contributed by atoms with E-state index in [2.05, 4.69) is 0 Å². The zero-order valence-electron chi connectivity index (χ0n) is 14.1. The molecule has 0 heterocycles. The van der Waals surface area contributed by atoms with E-state index in [9.17, 15) is 22.8 Å². The predicted molar refractivity (Wildman–Crippen MR) is 83.4 cm³/mol. The number of nitrogens with zero attached hydrogens (tertiary/aromatic N) is 1. The van der Waals surface area contributed by atoms with Crippen LogP contribution in [0.25, 0.3) is 0 Å². The normalized spacial score (nSPS) is 13.5. The molecule has 0 bridgehead atoms. The topological polar surface area (TPSA) is 57.6 Å². The van der Waals surface area contributed by atoms with Gasteiger partial charge in [0.15, 0.2) is 0 Å². The molecule has 4 nitrogen and oxygen atoms in total. The summed E-state index contributed by atoms with van der Waals surface area (Å²) in [5.41, 5.74) is -0.976. The minimum atomic E-state index is -4.39. The van der Waals surface area contributed by atoms with Crippen LogP contribution in [0.15, 0.2) is 24.3 Å². The van der Waals surface area contributed by atoms with E-state index < -0.39 is 29.0 Å². The molecule has 0 aliphatic rings. The van der Waals surface area contributed by atoms with Crippen molar-refractivity contribution in [3.05, 3.63) is 35.4 Å². The van der Waals surface area contributed by atoms with Crippen molar-refractivity contribution in [3.63, 3.8) is 0 Å². The smallest absolute Gasteiger partial charge is 0.416 e. The van der Waals surface area contributed by atoms with Gasteiger partial charge in [-0.25, -0.2) is 0 Å². The first-order valence-corrected chi connectivity index (χ1v) is 7.49. The predicted octanol–water partition coefficient (Wildman–Crippen LogP) is 3.45. The SMILES string of the molecule is CC(CN(C)C(=O)C(C)(C)Cc1ccc(C(F)(F)F)cc1)C(=O)O. The molecule has 1 amide bonds. The minimum absolute atomic E-state index is 0.0740. The lowest BCUT2D eigenvalue weighted by molar-refractivity contribution is -0.145. The summed E-state index contributed by atoms with van der Waals surface area (Å²) < 4.78 is 37.7. The molecule has 1 aromatic rings. The number of aliphatic carboxylic acids is 1. The fourth-order valence-electron chi connectivity index (χ4n) is 2.49. The molecule has 0 saturated carbocycles. The molecule has 1 rings (SSSR count). The van der Waals surface area contributed by atoms with Crippen LogP contribution in [0, 0.1) is 11.3 Å². The Labute approximate surface area is 139 Å². The van der Waals surface area contributed by atoms with E-state index in [-0.39, 0.29) is 18.9 Å². The van der Waals surface area contributed by atoms with Gasteiger partial charge in [0.05, 0.1) is 11.5 Å². The van der Waals surface area contributed by atoms with Gasteiger partial charge in [-0.2, -0.15) is 13.2 Å². The average Bonchev–Trinajstić information content (AvgIpc) is 2.45. The molecule has 0 saturated heterocycles. The van der Waals surface area contributed by atoms with Crippen LogP contribution < -0.4 is 0 Å². The molecular formula is C17H22F3NO3. The van der Waals surface area contributed by atoms with Gasteiger partial charge in [0.2, 0.25) is 5.91 Å². The van der Waals surface area contributed by atoms with Gasteiger partial charge >= 0.3 is 12.1 Å². The average molecular weight is 345 g/mol. The fourth-order valence-corrected chi connectivity index (χ4v) is 2.49. The van der Waals surface area contributed by atoms with E-state index >= 15 is 0 Å². The fraction of sp³-hybridized carbons (Fsp3) is 0.529. The lowest BCUT2D eigenvalue weighted by Gasteiger charge is -2.30. The summed E-state index contributed by atoms with van der Waals surface area (Å²) in [5, 5.41) is 8.91. The highest BCUT2D eigenvalue weighted by atomic mass is 19.4. The van der Waals surface area contributed by atoms with Gasteiger partial charge < -0.3 is 10.0 Å². The van der Waals surface area contributed by atoms with E-state index in [1.807, 2.05) is 0 Å². The lowest BCUT2D eigenvalue weighted by atomic mass is 9.84. The van der Waals surface area contributed by atoms with Crippen molar-refractivity contribution in [1.82, 2.24) is 4.90 Å². The molecule has 0 aliphatic heterocycles. The van der Waals surface area contributed by atoms with Crippen molar-refractivity contribution in [2.45, 2.75) is 33.4 Å². The van der Waals surface area contributed by atoms with Crippen molar-refractivity contribution in [3.8, 4) is 0 Å². The summed E-state index contributed by atoms with van der Waals surface area (Å²) >= 11 is 0. The van der Waals surface area contributed by atoms with E-state index in [4.69, 9.17) is 5.11 Å². The van der Waals surface area contributed by atoms with Gasteiger partial charge in [-0.1, -0.05) is 32.9 Å². The second-order valence-corrected chi connectivity index (χ2v) is 6.68. The summed E-state index contributed by atoms with van der Waals surface area (Å²) in [4.78, 5) is 24.7. The number of carbonyl (C=O) groups excluding carboxylic acids is 1. The molecular weight excluding hydrogens is 323 g/mol. The molecule has 1 aromatic carbocycles. The first kappa shape index (κ1) is 20.0. The number of rotatable bonds is 6. The van der Waals surface area contributed by atoms with E-state index in [0.29, 0.717) is 5.56 Å². The van der Waals surface area contributed by atoms with Gasteiger partial charge in [0, 0.05) is 19.0 Å². The summed E-state index contributed by atoms with van der Waals surface area (Å²) in [6, 6.07) is 4.70.